The van der Waals surface area contributed by atoms with Gasteiger partial charge in [-0.1, -0.05) is 18.2 Å². The molecule has 0 aliphatic heterocycles. The summed E-state index contributed by atoms with van der Waals surface area (Å²) in [6.07, 6.45) is 0. The Labute approximate surface area is 172 Å². The van der Waals surface area contributed by atoms with Crippen LogP contribution in [0.3, 0.4) is 0 Å². The van der Waals surface area contributed by atoms with Crippen molar-refractivity contribution in [2.45, 2.75) is 34.2 Å². The van der Waals surface area contributed by atoms with Crippen LogP contribution in [-0.4, -0.2) is 27.8 Å². The molecule has 1 aromatic heterocycles. The molecule has 3 rings (SSSR count). The van der Waals surface area contributed by atoms with E-state index < -0.39 is 0 Å². The lowest BCUT2D eigenvalue weighted by atomic mass is 10.1. The first kappa shape index (κ1) is 20.4. The van der Waals surface area contributed by atoms with Gasteiger partial charge in [0.1, 0.15) is 0 Å². The first-order valence-electron chi connectivity index (χ1n) is 9.81. The van der Waals surface area contributed by atoms with Crippen LogP contribution in [0.15, 0.2) is 60.7 Å². The molecule has 3 aromatic rings. The maximum absolute atomic E-state index is 12.8. The molecule has 1 heterocycles. The summed E-state index contributed by atoms with van der Waals surface area (Å²) in [5, 5.41) is 2.99. The number of carbonyl (C=O) groups excluding carboxylic acids is 2. The van der Waals surface area contributed by atoms with Gasteiger partial charge in [-0.3, -0.25) is 9.59 Å². The van der Waals surface area contributed by atoms with E-state index in [9.17, 15) is 9.59 Å². The molecule has 0 spiro atoms. The summed E-state index contributed by atoms with van der Waals surface area (Å²) in [5.74, 6) is -0.157. The smallest absolute Gasteiger partial charge is 0.255 e. The molecule has 5 nitrogen and oxygen atoms in total. The van der Waals surface area contributed by atoms with Crippen molar-refractivity contribution in [3.05, 3.63) is 83.2 Å². The monoisotopic (exact) mass is 389 g/mol. The van der Waals surface area contributed by atoms with Crippen LogP contribution < -0.4 is 5.32 Å². The molecule has 2 amide bonds. The Bertz CT molecular complexity index is 999. The van der Waals surface area contributed by atoms with E-state index in [0.717, 1.165) is 28.3 Å². The second-order valence-corrected chi connectivity index (χ2v) is 7.14. The van der Waals surface area contributed by atoms with Gasteiger partial charge < -0.3 is 14.8 Å². The molecule has 0 bridgehead atoms. The second kappa shape index (κ2) is 8.78. The van der Waals surface area contributed by atoms with E-state index >= 15 is 0 Å². The number of hydrogen-bond acceptors (Lipinski definition) is 2. The Morgan fingerprint density at radius 3 is 2.14 bits per heavy atom. The molecule has 150 valence electrons. The molecule has 0 fully saturated rings. The lowest BCUT2D eigenvalue weighted by molar-refractivity contribution is -0.129. The number of carbonyl (C=O) groups is 2. The first-order valence-corrected chi connectivity index (χ1v) is 9.81. The van der Waals surface area contributed by atoms with Gasteiger partial charge in [0, 0.05) is 48.3 Å². The molecule has 1 N–H and O–H groups in total. The maximum Gasteiger partial charge on any atom is 0.255 e. The fraction of sp³-hybridized carbons (Fsp3) is 0.250. The molecule has 0 saturated heterocycles. The molecule has 0 atom stereocenters. The number of nitrogens with one attached hydrogen (secondary N) is 1. The van der Waals surface area contributed by atoms with E-state index in [-0.39, 0.29) is 11.8 Å². The van der Waals surface area contributed by atoms with Crippen LogP contribution in [0.5, 0.6) is 0 Å². The molecule has 0 radical (unpaired) electrons. The van der Waals surface area contributed by atoms with Crippen LogP contribution in [0.2, 0.25) is 0 Å². The summed E-state index contributed by atoms with van der Waals surface area (Å²) < 4.78 is 2.15. The lowest BCUT2D eigenvalue weighted by Gasteiger charge is -2.21. The zero-order chi connectivity index (χ0) is 21.0. The number of aromatic nitrogens is 1. The summed E-state index contributed by atoms with van der Waals surface area (Å²) in [7, 11) is 0. The number of amides is 2. The fourth-order valence-electron chi connectivity index (χ4n) is 3.46. The van der Waals surface area contributed by atoms with Crippen LogP contribution in [-0.2, 0) is 11.3 Å². The van der Waals surface area contributed by atoms with Gasteiger partial charge in [0.05, 0.1) is 0 Å². The van der Waals surface area contributed by atoms with Crippen molar-refractivity contribution in [2.75, 3.05) is 11.9 Å². The van der Waals surface area contributed by atoms with E-state index in [1.165, 1.54) is 0 Å². The zero-order valence-corrected chi connectivity index (χ0v) is 17.4. The Balaban J connectivity index is 1.78. The Kier molecular flexibility index (Phi) is 6.17. The number of nitrogens with zero attached hydrogens (tertiary/aromatic N) is 2. The SMILES string of the molecule is CCN(Cc1ccccc1NC(=O)c1ccc(-n2c(C)ccc2C)cc1)C(C)=O. The van der Waals surface area contributed by atoms with Gasteiger partial charge in [0.25, 0.3) is 5.91 Å². The number of para-hydroxylation sites is 1. The predicted octanol–water partition coefficient (Wildman–Crippen LogP) is 4.71. The highest BCUT2D eigenvalue weighted by molar-refractivity contribution is 6.04. The number of aryl methyl sites for hydroxylation is 2. The van der Waals surface area contributed by atoms with Crippen LogP contribution in [0.1, 0.15) is 41.2 Å². The number of hydrogen-bond donors (Lipinski definition) is 1. The molecular weight excluding hydrogens is 362 g/mol. The third-order valence-corrected chi connectivity index (χ3v) is 5.11. The zero-order valence-electron chi connectivity index (χ0n) is 17.4. The average molecular weight is 389 g/mol. The van der Waals surface area contributed by atoms with E-state index in [4.69, 9.17) is 0 Å². The van der Waals surface area contributed by atoms with E-state index in [2.05, 4.69) is 35.9 Å². The Morgan fingerprint density at radius 1 is 0.931 bits per heavy atom. The minimum Gasteiger partial charge on any atom is -0.339 e. The van der Waals surface area contributed by atoms with Crippen LogP contribution in [0, 0.1) is 13.8 Å². The predicted molar refractivity (Wildman–Crippen MR) is 116 cm³/mol. The Morgan fingerprint density at radius 2 is 1.55 bits per heavy atom. The van der Waals surface area contributed by atoms with Gasteiger partial charge in [-0.15, -0.1) is 0 Å². The van der Waals surface area contributed by atoms with Crippen molar-refractivity contribution in [3.63, 3.8) is 0 Å². The summed E-state index contributed by atoms with van der Waals surface area (Å²) in [5.41, 5.74) is 5.55. The number of benzene rings is 2. The summed E-state index contributed by atoms with van der Waals surface area (Å²) in [6.45, 7) is 8.71. The molecule has 0 unspecified atom stereocenters. The number of anilines is 1. The quantitative estimate of drug-likeness (QED) is 0.663. The second-order valence-electron chi connectivity index (χ2n) is 7.14. The highest BCUT2D eigenvalue weighted by Crippen LogP contribution is 2.20. The van der Waals surface area contributed by atoms with Gasteiger partial charge in [0.15, 0.2) is 0 Å². The molecule has 29 heavy (non-hydrogen) atoms. The van der Waals surface area contributed by atoms with Crippen molar-refractivity contribution < 1.29 is 9.59 Å². The maximum atomic E-state index is 12.8. The fourth-order valence-corrected chi connectivity index (χ4v) is 3.46. The van der Waals surface area contributed by atoms with E-state index in [0.29, 0.717) is 18.7 Å². The van der Waals surface area contributed by atoms with Gasteiger partial charge >= 0.3 is 0 Å². The minimum absolute atomic E-state index is 0.0137. The van der Waals surface area contributed by atoms with Crippen LogP contribution >= 0.6 is 0 Å². The largest absolute Gasteiger partial charge is 0.339 e. The van der Waals surface area contributed by atoms with Crippen molar-refractivity contribution in [1.29, 1.82) is 0 Å². The summed E-state index contributed by atoms with van der Waals surface area (Å²) in [6, 6.07) is 19.3. The molecule has 0 aliphatic carbocycles. The molecule has 5 heteroatoms. The molecule has 0 aliphatic rings. The van der Waals surface area contributed by atoms with Gasteiger partial charge in [-0.25, -0.2) is 0 Å². The Hall–Kier alpha value is -3.34. The highest BCUT2D eigenvalue weighted by Gasteiger charge is 2.13. The molecule has 0 saturated carbocycles. The van der Waals surface area contributed by atoms with Crippen molar-refractivity contribution in [1.82, 2.24) is 9.47 Å². The topological polar surface area (TPSA) is 54.3 Å². The van der Waals surface area contributed by atoms with Crippen molar-refractivity contribution in [2.24, 2.45) is 0 Å². The van der Waals surface area contributed by atoms with Gasteiger partial charge in [-0.05, 0) is 68.8 Å². The average Bonchev–Trinajstić information content (AvgIpc) is 3.05. The normalized spacial score (nSPS) is 10.6. The van der Waals surface area contributed by atoms with E-state index in [1.54, 1.807) is 11.8 Å². The van der Waals surface area contributed by atoms with Gasteiger partial charge in [0.2, 0.25) is 5.91 Å². The molecular formula is C24H27N3O2. The third kappa shape index (κ3) is 4.57. The number of rotatable bonds is 6. The lowest BCUT2D eigenvalue weighted by Crippen LogP contribution is -2.28. The first-order chi connectivity index (χ1) is 13.9. The minimum atomic E-state index is -0.171. The van der Waals surface area contributed by atoms with Crippen molar-refractivity contribution >= 4 is 17.5 Å². The van der Waals surface area contributed by atoms with E-state index in [1.807, 2.05) is 55.5 Å². The highest BCUT2D eigenvalue weighted by atomic mass is 16.2. The van der Waals surface area contributed by atoms with Crippen molar-refractivity contribution in [3.8, 4) is 5.69 Å². The third-order valence-electron chi connectivity index (χ3n) is 5.11. The summed E-state index contributed by atoms with van der Waals surface area (Å²) >= 11 is 0. The van der Waals surface area contributed by atoms with Gasteiger partial charge in [-0.2, -0.15) is 0 Å². The molecule has 2 aromatic carbocycles. The standard InChI is InChI=1S/C24H27N3O2/c1-5-26(19(4)28)16-21-8-6-7-9-23(21)25-24(29)20-12-14-22(15-13-20)27-17(2)10-11-18(27)3/h6-15H,5,16H2,1-4H3,(H,25,29). The summed E-state index contributed by atoms with van der Waals surface area (Å²) in [4.78, 5) is 26.3. The van der Waals surface area contributed by atoms with Crippen LogP contribution in [0.4, 0.5) is 5.69 Å². The van der Waals surface area contributed by atoms with Crippen LogP contribution in [0.25, 0.3) is 5.69 Å².